The number of H-pyrrole nitrogens is 1. The number of nitrogens with zero attached hydrogens (tertiary/aromatic N) is 1. The zero-order valence-corrected chi connectivity index (χ0v) is 19.5. The van der Waals surface area contributed by atoms with Crippen LogP contribution in [0, 0.1) is 0 Å². The van der Waals surface area contributed by atoms with Crippen molar-refractivity contribution >= 4 is 38.6 Å². The molecule has 3 aromatic rings. The number of hydrogen-bond acceptors (Lipinski definition) is 5. The maximum atomic E-state index is 12.7. The van der Waals surface area contributed by atoms with Crippen molar-refractivity contribution in [2.24, 2.45) is 0 Å². The Labute approximate surface area is 196 Å². The van der Waals surface area contributed by atoms with Crippen molar-refractivity contribution in [2.75, 3.05) is 0 Å². The first-order valence-corrected chi connectivity index (χ1v) is 12.8. The summed E-state index contributed by atoms with van der Waals surface area (Å²) < 4.78 is 27.5. The van der Waals surface area contributed by atoms with Gasteiger partial charge in [0.1, 0.15) is 5.82 Å². The molecule has 2 aromatic carbocycles. The molecule has 1 saturated carbocycles. The van der Waals surface area contributed by atoms with Crippen LogP contribution in [0.15, 0.2) is 52.2 Å². The van der Waals surface area contributed by atoms with Gasteiger partial charge in [-0.05, 0) is 55.2 Å². The number of benzene rings is 2. The van der Waals surface area contributed by atoms with Gasteiger partial charge in [-0.2, -0.15) is 0 Å². The van der Waals surface area contributed by atoms with E-state index in [0.717, 1.165) is 37.7 Å². The molecule has 10 heteroatoms. The predicted octanol–water partition coefficient (Wildman–Crippen LogP) is 3.68. The first kappa shape index (κ1) is 23.3. The SMILES string of the molecule is O=C(NC1CCCCC1)NS(=O)(=O)c1cccc(CCc2nc3ccc(Cl)cc3c(=O)[nH]2)c1. The quantitative estimate of drug-likeness (QED) is 0.488. The van der Waals surface area contributed by atoms with E-state index in [-0.39, 0.29) is 16.5 Å². The third kappa shape index (κ3) is 5.91. The predicted molar refractivity (Wildman–Crippen MR) is 127 cm³/mol. The Kier molecular flexibility index (Phi) is 6.99. The molecule has 1 aromatic heterocycles. The molecular weight excluding hydrogens is 464 g/mol. The average molecular weight is 489 g/mol. The van der Waals surface area contributed by atoms with Crippen molar-refractivity contribution < 1.29 is 13.2 Å². The molecule has 0 atom stereocenters. The lowest BCUT2D eigenvalue weighted by Gasteiger charge is -2.22. The number of urea groups is 1. The van der Waals surface area contributed by atoms with Crippen LogP contribution < -0.4 is 15.6 Å². The number of hydrogen-bond donors (Lipinski definition) is 3. The first-order chi connectivity index (χ1) is 15.8. The minimum absolute atomic E-state index is 0.00733. The van der Waals surface area contributed by atoms with Crippen molar-refractivity contribution in [1.82, 2.24) is 20.0 Å². The summed E-state index contributed by atoms with van der Waals surface area (Å²) >= 11 is 5.94. The molecule has 33 heavy (non-hydrogen) atoms. The van der Waals surface area contributed by atoms with Crippen LogP contribution >= 0.6 is 11.6 Å². The van der Waals surface area contributed by atoms with E-state index >= 15 is 0 Å². The normalized spacial score (nSPS) is 14.8. The van der Waals surface area contributed by atoms with Crippen molar-refractivity contribution in [2.45, 2.75) is 55.9 Å². The second kappa shape index (κ2) is 9.93. The summed E-state index contributed by atoms with van der Waals surface area (Å²) in [7, 11) is -4.00. The molecule has 0 aliphatic heterocycles. The topological polar surface area (TPSA) is 121 Å². The largest absolute Gasteiger partial charge is 0.335 e. The smallest absolute Gasteiger partial charge is 0.328 e. The van der Waals surface area contributed by atoms with E-state index in [9.17, 15) is 18.0 Å². The standard InChI is InChI=1S/C23H25ClN4O4S/c24-16-10-11-20-19(14-16)22(29)27-21(26-20)12-9-15-5-4-8-18(13-15)33(31,32)28-23(30)25-17-6-2-1-3-7-17/h4-5,8,10-11,13-14,17H,1-3,6-7,9,12H2,(H2,25,28,30)(H,26,27,29). The zero-order valence-electron chi connectivity index (χ0n) is 17.9. The molecule has 0 unspecified atom stereocenters. The highest BCUT2D eigenvalue weighted by atomic mass is 35.5. The van der Waals surface area contributed by atoms with E-state index in [4.69, 9.17) is 11.6 Å². The number of carbonyl (C=O) groups is 1. The van der Waals surface area contributed by atoms with Crippen LogP contribution in [0.2, 0.25) is 5.02 Å². The molecule has 2 amide bonds. The van der Waals surface area contributed by atoms with Crippen molar-refractivity contribution in [3.8, 4) is 0 Å². The first-order valence-electron chi connectivity index (χ1n) is 10.9. The van der Waals surface area contributed by atoms with Gasteiger partial charge in [0.2, 0.25) is 0 Å². The van der Waals surface area contributed by atoms with Crippen molar-refractivity contribution in [3.05, 3.63) is 69.2 Å². The van der Waals surface area contributed by atoms with Crippen LogP contribution in [0.3, 0.4) is 0 Å². The van der Waals surface area contributed by atoms with E-state index in [1.807, 2.05) is 0 Å². The average Bonchev–Trinajstić information content (AvgIpc) is 2.79. The third-order valence-electron chi connectivity index (χ3n) is 5.74. The molecule has 8 nitrogen and oxygen atoms in total. The fourth-order valence-electron chi connectivity index (χ4n) is 4.05. The maximum Gasteiger partial charge on any atom is 0.328 e. The van der Waals surface area contributed by atoms with Gasteiger partial charge in [0.25, 0.3) is 15.6 Å². The van der Waals surface area contributed by atoms with Gasteiger partial charge in [-0.25, -0.2) is 22.9 Å². The lowest BCUT2D eigenvalue weighted by atomic mass is 9.96. The van der Waals surface area contributed by atoms with Gasteiger partial charge < -0.3 is 10.3 Å². The molecule has 0 radical (unpaired) electrons. The van der Waals surface area contributed by atoms with Gasteiger partial charge >= 0.3 is 6.03 Å². The molecule has 0 bridgehead atoms. The number of aromatic nitrogens is 2. The molecule has 1 aliphatic rings. The van der Waals surface area contributed by atoms with Crippen LogP contribution in [-0.4, -0.2) is 30.5 Å². The lowest BCUT2D eigenvalue weighted by Crippen LogP contribution is -2.45. The number of fused-ring (bicyclic) bond motifs is 1. The molecular formula is C23H25ClN4O4S. The lowest BCUT2D eigenvalue weighted by molar-refractivity contribution is 0.237. The number of carbonyl (C=O) groups excluding carboxylic acids is 1. The molecule has 4 rings (SSSR count). The van der Waals surface area contributed by atoms with Crippen LogP contribution in [0.4, 0.5) is 4.79 Å². The van der Waals surface area contributed by atoms with E-state index in [0.29, 0.717) is 34.6 Å². The van der Waals surface area contributed by atoms with Gasteiger partial charge in [-0.3, -0.25) is 4.79 Å². The van der Waals surface area contributed by atoms with Crippen LogP contribution in [-0.2, 0) is 22.9 Å². The number of rotatable bonds is 6. The summed E-state index contributed by atoms with van der Waals surface area (Å²) in [6.45, 7) is 0. The van der Waals surface area contributed by atoms with E-state index in [2.05, 4.69) is 20.0 Å². The summed E-state index contributed by atoms with van der Waals surface area (Å²) in [5, 5.41) is 3.62. The molecule has 1 fully saturated rings. The summed E-state index contributed by atoms with van der Waals surface area (Å²) in [6, 6.07) is 10.6. The van der Waals surface area contributed by atoms with Gasteiger partial charge in [-0.1, -0.05) is 43.0 Å². The molecule has 1 heterocycles. The minimum atomic E-state index is -4.00. The Morgan fingerprint density at radius 2 is 1.88 bits per heavy atom. The summed E-state index contributed by atoms with van der Waals surface area (Å²) in [5.74, 6) is 0.494. The molecule has 174 valence electrons. The van der Waals surface area contributed by atoms with E-state index in [1.54, 1.807) is 30.3 Å². The Balaban J connectivity index is 1.43. The van der Waals surface area contributed by atoms with Crippen LogP contribution in [0.5, 0.6) is 0 Å². The molecule has 1 aliphatic carbocycles. The number of aryl methyl sites for hydroxylation is 2. The summed E-state index contributed by atoms with van der Waals surface area (Å²) in [6.07, 6.45) is 5.80. The maximum absolute atomic E-state index is 12.7. The van der Waals surface area contributed by atoms with Crippen LogP contribution in [0.25, 0.3) is 10.9 Å². The van der Waals surface area contributed by atoms with Gasteiger partial charge in [0, 0.05) is 17.5 Å². The molecule has 3 N–H and O–H groups in total. The Morgan fingerprint density at radius 3 is 2.67 bits per heavy atom. The van der Waals surface area contributed by atoms with Crippen molar-refractivity contribution in [1.29, 1.82) is 0 Å². The molecule has 0 spiro atoms. The second-order valence-corrected chi connectivity index (χ2v) is 10.4. The number of sulfonamides is 1. The van der Waals surface area contributed by atoms with Gasteiger partial charge in [-0.15, -0.1) is 0 Å². The highest BCUT2D eigenvalue weighted by Crippen LogP contribution is 2.18. The monoisotopic (exact) mass is 488 g/mol. The summed E-state index contributed by atoms with van der Waals surface area (Å²) in [5.41, 5.74) is 1.01. The van der Waals surface area contributed by atoms with Gasteiger partial charge in [0.15, 0.2) is 0 Å². The Morgan fingerprint density at radius 1 is 1.09 bits per heavy atom. The molecule has 0 saturated heterocycles. The summed E-state index contributed by atoms with van der Waals surface area (Å²) in [4.78, 5) is 31.7. The minimum Gasteiger partial charge on any atom is -0.335 e. The Hall–Kier alpha value is -2.91. The number of nitrogens with one attached hydrogen (secondary N) is 3. The van der Waals surface area contributed by atoms with Crippen LogP contribution in [0.1, 0.15) is 43.5 Å². The van der Waals surface area contributed by atoms with E-state index < -0.39 is 16.1 Å². The highest BCUT2D eigenvalue weighted by molar-refractivity contribution is 7.90. The fourth-order valence-corrected chi connectivity index (χ4v) is 5.21. The zero-order chi connectivity index (χ0) is 23.4. The fraction of sp³-hybridized carbons (Fsp3) is 0.348. The van der Waals surface area contributed by atoms with E-state index in [1.165, 1.54) is 12.1 Å². The number of amides is 2. The Bertz CT molecular complexity index is 1330. The number of halogens is 1. The number of aromatic amines is 1. The third-order valence-corrected chi connectivity index (χ3v) is 7.31. The second-order valence-electron chi connectivity index (χ2n) is 8.24. The highest BCUT2D eigenvalue weighted by Gasteiger charge is 2.21. The van der Waals surface area contributed by atoms with Gasteiger partial charge in [0.05, 0.1) is 15.8 Å². The van der Waals surface area contributed by atoms with Crippen molar-refractivity contribution in [3.63, 3.8) is 0 Å².